The van der Waals surface area contributed by atoms with Gasteiger partial charge in [0, 0.05) is 42.3 Å². The van der Waals surface area contributed by atoms with Crippen LogP contribution in [0.25, 0.3) is 0 Å². The lowest BCUT2D eigenvalue weighted by Gasteiger charge is -2.35. The van der Waals surface area contributed by atoms with Gasteiger partial charge in [-0.25, -0.2) is 0 Å². The highest BCUT2D eigenvalue weighted by Crippen LogP contribution is 2.16. The Bertz CT molecular complexity index is 1740. The molecule has 11 amide bonds. The fourth-order valence-corrected chi connectivity index (χ4v) is 6.84. The molecule has 64 heavy (non-hydrogen) atoms. The zero-order valence-electron chi connectivity index (χ0n) is 40.3. The van der Waals surface area contributed by atoms with Gasteiger partial charge in [-0.15, -0.1) is 0 Å². The first-order valence-corrected chi connectivity index (χ1v) is 21.5. The van der Waals surface area contributed by atoms with E-state index in [1.54, 1.807) is 34.6 Å². The Hall–Kier alpha value is -5.83. The summed E-state index contributed by atoms with van der Waals surface area (Å²) in [4.78, 5) is 154. The van der Waals surface area contributed by atoms with Gasteiger partial charge >= 0.3 is 0 Å². The molecule has 22 heteroatoms. The van der Waals surface area contributed by atoms with Crippen molar-refractivity contribution in [1.82, 2.24) is 56.0 Å². The third kappa shape index (κ3) is 16.4. The maximum absolute atomic E-state index is 13.9. The SMILES string of the molecule is CCC1NC(=O)C(C)N(C)C(=O)C(C(C)C)N(C)C(=O)CNC(=O)CN(C)C(=O)C(C)NC(=O)CNC(=O)C(CC(C)C)N(C)C(=O)C(C(C)C)NC(=O)CN(C)C(=O)CN(C)C1=O. The van der Waals surface area contributed by atoms with Crippen molar-refractivity contribution in [2.45, 2.75) is 111 Å². The number of likely N-dealkylation sites (N-methyl/N-ethyl adjacent to an activating group) is 6. The Balaban J connectivity index is 3.52. The van der Waals surface area contributed by atoms with Crippen molar-refractivity contribution < 1.29 is 52.7 Å². The topological polar surface area (TPSA) is 267 Å². The quantitative estimate of drug-likeness (QED) is 0.190. The Morgan fingerprint density at radius 1 is 0.531 bits per heavy atom. The summed E-state index contributed by atoms with van der Waals surface area (Å²) in [6.07, 6.45) is 0.316. The molecule has 1 aliphatic heterocycles. The molecule has 0 aromatic heterocycles. The fourth-order valence-electron chi connectivity index (χ4n) is 6.84. The van der Waals surface area contributed by atoms with Crippen LogP contribution in [0.5, 0.6) is 0 Å². The zero-order chi connectivity index (χ0) is 49.5. The van der Waals surface area contributed by atoms with Gasteiger partial charge in [-0.1, -0.05) is 48.5 Å². The summed E-state index contributed by atoms with van der Waals surface area (Å²) in [6.45, 7) is 12.4. The molecule has 6 unspecified atom stereocenters. The molecule has 1 fully saturated rings. The molecule has 1 rings (SSSR count). The summed E-state index contributed by atoms with van der Waals surface area (Å²) in [5.41, 5.74) is 0. The van der Waals surface area contributed by atoms with Gasteiger partial charge in [0.2, 0.25) is 65.0 Å². The maximum atomic E-state index is 13.9. The van der Waals surface area contributed by atoms with E-state index in [0.717, 1.165) is 24.5 Å². The lowest BCUT2D eigenvalue weighted by atomic mass is 9.98. The maximum Gasteiger partial charge on any atom is 0.246 e. The molecule has 0 saturated carbocycles. The number of rotatable bonds is 5. The average Bonchev–Trinajstić information content (AvgIpc) is 3.22. The molecule has 362 valence electrons. The van der Waals surface area contributed by atoms with Crippen LogP contribution in [-0.2, 0) is 52.7 Å². The second-order valence-corrected chi connectivity index (χ2v) is 17.6. The third-order valence-corrected chi connectivity index (χ3v) is 11.0. The van der Waals surface area contributed by atoms with E-state index in [1.165, 1.54) is 61.0 Å². The van der Waals surface area contributed by atoms with Crippen molar-refractivity contribution in [3.05, 3.63) is 0 Å². The van der Waals surface area contributed by atoms with Crippen molar-refractivity contribution in [1.29, 1.82) is 0 Å². The van der Waals surface area contributed by atoms with Gasteiger partial charge in [0.15, 0.2) is 0 Å². The summed E-state index contributed by atoms with van der Waals surface area (Å²) in [7, 11) is 8.18. The number of carbonyl (C=O) groups excluding carboxylic acids is 11. The predicted octanol–water partition coefficient (Wildman–Crippen LogP) is -2.65. The molecule has 1 aliphatic rings. The van der Waals surface area contributed by atoms with Gasteiger partial charge in [-0.2, -0.15) is 0 Å². The minimum Gasteiger partial charge on any atom is -0.345 e. The summed E-state index contributed by atoms with van der Waals surface area (Å²) >= 11 is 0. The van der Waals surface area contributed by atoms with Crippen molar-refractivity contribution in [2.75, 3.05) is 75.0 Å². The van der Waals surface area contributed by atoms with E-state index in [0.29, 0.717) is 0 Å². The minimum absolute atomic E-state index is 0.0856. The summed E-state index contributed by atoms with van der Waals surface area (Å²) < 4.78 is 0. The van der Waals surface area contributed by atoms with Crippen LogP contribution in [0.3, 0.4) is 0 Å². The number of amides is 11. The van der Waals surface area contributed by atoms with Crippen molar-refractivity contribution in [3.8, 4) is 0 Å². The van der Waals surface area contributed by atoms with Gasteiger partial charge in [0.1, 0.15) is 36.3 Å². The molecule has 1 heterocycles. The number of carbonyl (C=O) groups is 11. The second kappa shape index (κ2) is 25.5. The fraction of sp³-hybridized carbons (Fsp3) is 0.738. The summed E-state index contributed by atoms with van der Waals surface area (Å²) in [5.74, 6) is -8.22. The first-order chi connectivity index (χ1) is 29.6. The highest BCUT2D eigenvalue weighted by atomic mass is 16.2. The molecule has 5 N–H and O–H groups in total. The van der Waals surface area contributed by atoms with E-state index in [1.807, 2.05) is 13.8 Å². The Labute approximate surface area is 377 Å². The normalized spacial score (nSPS) is 25.5. The van der Waals surface area contributed by atoms with Crippen molar-refractivity contribution in [2.24, 2.45) is 17.8 Å². The molecular formula is C42H73N11O11. The standard InChI is InChI=1S/C42H73N11O11/c1-16-28-40(62)50(12)22-34(58)48(10)21-32(56)47-35(24(4)5)41(63)52(14)29(17-23(2)3)38(60)44-18-30(54)45-26(8)39(61)49(11)20-31(55)43-19-33(57)53(15)36(25(6)7)42(64)51(13)27(9)37(59)46-28/h23-29,35-36H,16-22H2,1-15H3,(H,43,55)(H,44,60)(H,45,54)(H,46,59)(H,47,56). The largest absolute Gasteiger partial charge is 0.345 e. The molecular weight excluding hydrogens is 835 g/mol. The Morgan fingerprint density at radius 2 is 1.09 bits per heavy atom. The van der Waals surface area contributed by atoms with Crippen LogP contribution in [0.1, 0.15) is 75.2 Å². The van der Waals surface area contributed by atoms with Crippen LogP contribution in [0.4, 0.5) is 0 Å². The molecule has 0 bridgehead atoms. The van der Waals surface area contributed by atoms with Gasteiger partial charge in [-0.05, 0) is 44.4 Å². The molecule has 0 spiro atoms. The predicted molar refractivity (Wildman–Crippen MR) is 235 cm³/mol. The van der Waals surface area contributed by atoms with E-state index in [4.69, 9.17) is 0 Å². The van der Waals surface area contributed by atoms with Crippen LogP contribution in [0.15, 0.2) is 0 Å². The third-order valence-electron chi connectivity index (χ3n) is 11.0. The monoisotopic (exact) mass is 908 g/mol. The summed E-state index contributed by atoms with van der Waals surface area (Å²) in [6, 6.07) is -6.61. The van der Waals surface area contributed by atoms with Crippen LogP contribution in [0.2, 0.25) is 0 Å². The minimum atomic E-state index is -1.14. The first kappa shape index (κ1) is 56.2. The van der Waals surface area contributed by atoms with Gasteiger partial charge in [-0.3, -0.25) is 52.7 Å². The van der Waals surface area contributed by atoms with Crippen LogP contribution < -0.4 is 26.6 Å². The lowest BCUT2D eigenvalue weighted by Crippen LogP contribution is -2.58. The number of hydrogen-bond acceptors (Lipinski definition) is 11. The Morgan fingerprint density at radius 3 is 1.62 bits per heavy atom. The average molecular weight is 908 g/mol. The first-order valence-electron chi connectivity index (χ1n) is 21.5. The van der Waals surface area contributed by atoms with E-state index in [-0.39, 0.29) is 18.8 Å². The van der Waals surface area contributed by atoms with E-state index < -0.39 is 146 Å². The highest BCUT2D eigenvalue weighted by Gasteiger charge is 2.38. The molecule has 0 radical (unpaired) electrons. The number of nitrogens with zero attached hydrogens (tertiary/aromatic N) is 6. The Kier molecular flexibility index (Phi) is 22.4. The van der Waals surface area contributed by atoms with Gasteiger partial charge < -0.3 is 56.0 Å². The molecule has 1 saturated heterocycles. The zero-order valence-corrected chi connectivity index (χ0v) is 40.3. The van der Waals surface area contributed by atoms with Gasteiger partial charge in [0.25, 0.3) is 0 Å². The van der Waals surface area contributed by atoms with Crippen molar-refractivity contribution in [3.63, 3.8) is 0 Å². The van der Waals surface area contributed by atoms with Crippen LogP contribution in [0, 0.1) is 17.8 Å². The lowest BCUT2D eigenvalue weighted by molar-refractivity contribution is -0.149. The smallest absolute Gasteiger partial charge is 0.246 e. The number of nitrogens with one attached hydrogen (secondary N) is 5. The molecule has 22 nitrogen and oxygen atoms in total. The summed E-state index contributed by atoms with van der Waals surface area (Å²) in [5, 5.41) is 12.7. The molecule has 0 aromatic rings. The highest BCUT2D eigenvalue weighted by molar-refractivity contribution is 5.97. The number of hydrogen-bond donors (Lipinski definition) is 5. The van der Waals surface area contributed by atoms with Crippen LogP contribution in [-0.4, -0.2) is 206 Å². The molecule has 6 atom stereocenters. The van der Waals surface area contributed by atoms with E-state index >= 15 is 0 Å². The van der Waals surface area contributed by atoms with Crippen molar-refractivity contribution >= 4 is 65.0 Å². The molecule has 0 aromatic carbocycles. The van der Waals surface area contributed by atoms with E-state index in [2.05, 4.69) is 26.6 Å². The van der Waals surface area contributed by atoms with Gasteiger partial charge in [0.05, 0.1) is 32.7 Å². The van der Waals surface area contributed by atoms with Crippen LogP contribution >= 0.6 is 0 Å². The molecule has 0 aliphatic carbocycles. The second-order valence-electron chi connectivity index (χ2n) is 17.6. The van der Waals surface area contributed by atoms with E-state index in [9.17, 15) is 52.7 Å².